The van der Waals surface area contributed by atoms with E-state index in [0.29, 0.717) is 39.3 Å². The molecule has 8 heteroatoms. The van der Waals surface area contributed by atoms with Gasteiger partial charge in [0.05, 0.1) is 12.5 Å². The van der Waals surface area contributed by atoms with Crippen LogP contribution in [0, 0.1) is 12.8 Å². The van der Waals surface area contributed by atoms with E-state index in [1.807, 2.05) is 48.8 Å². The van der Waals surface area contributed by atoms with Crippen molar-refractivity contribution in [2.45, 2.75) is 27.2 Å². The summed E-state index contributed by atoms with van der Waals surface area (Å²) >= 11 is 3.48. The number of rotatable bonds is 6. The molecule has 7 nitrogen and oxygen atoms in total. The van der Waals surface area contributed by atoms with Crippen LogP contribution in [0.5, 0.6) is 0 Å². The van der Waals surface area contributed by atoms with Gasteiger partial charge in [0.2, 0.25) is 17.7 Å². The number of carbonyl (C=O) groups excluding carboxylic acids is 3. The average Bonchev–Trinajstić information content (AvgIpc) is 3.12. The Labute approximate surface area is 187 Å². The van der Waals surface area contributed by atoms with Crippen molar-refractivity contribution >= 4 is 39.3 Å². The minimum atomic E-state index is -0.301. The highest BCUT2D eigenvalue weighted by Crippen LogP contribution is 2.29. The second-order valence-electron chi connectivity index (χ2n) is 8.01. The van der Waals surface area contributed by atoms with E-state index in [4.69, 9.17) is 0 Å². The van der Waals surface area contributed by atoms with Crippen LogP contribution in [-0.2, 0) is 14.4 Å². The van der Waals surface area contributed by atoms with Gasteiger partial charge in [0.15, 0.2) is 0 Å². The van der Waals surface area contributed by atoms with E-state index in [2.05, 4.69) is 20.8 Å². The molecule has 1 atom stereocenters. The molecule has 164 valence electrons. The van der Waals surface area contributed by atoms with Crippen molar-refractivity contribution in [3.8, 4) is 0 Å². The summed E-state index contributed by atoms with van der Waals surface area (Å²) in [6, 6.07) is 5.82. The molecule has 2 aliphatic rings. The molecule has 30 heavy (non-hydrogen) atoms. The molecule has 2 heterocycles. The molecule has 0 N–H and O–H groups in total. The number of hydrogen-bond donors (Lipinski definition) is 0. The summed E-state index contributed by atoms with van der Waals surface area (Å²) in [5, 5.41) is 0. The number of piperazine rings is 1. The fraction of sp³-hybridized carbons (Fsp3) is 0.591. The highest BCUT2D eigenvalue weighted by Gasteiger charge is 2.38. The van der Waals surface area contributed by atoms with Crippen LogP contribution in [0.1, 0.15) is 25.8 Å². The van der Waals surface area contributed by atoms with E-state index in [1.54, 1.807) is 4.90 Å². The number of likely N-dealkylation sites (N-methyl/N-ethyl adjacent to an activating group) is 1. The van der Waals surface area contributed by atoms with Gasteiger partial charge < -0.3 is 14.7 Å². The third kappa shape index (κ3) is 5.03. The summed E-state index contributed by atoms with van der Waals surface area (Å²) < 4.78 is 1.00. The fourth-order valence-electron chi connectivity index (χ4n) is 4.17. The number of aryl methyl sites for hydroxylation is 1. The maximum absolute atomic E-state index is 13.0. The minimum absolute atomic E-state index is 0.00136. The third-order valence-electron chi connectivity index (χ3n) is 6.09. The Morgan fingerprint density at radius 3 is 2.40 bits per heavy atom. The molecule has 0 aromatic heterocycles. The Morgan fingerprint density at radius 2 is 1.80 bits per heavy atom. The first-order chi connectivity index (χ1) is 14.3. The van der Waals surface area contributed by atoms with Crippen LogP contribution in [-0.4, -0.2) is 84.8 Å². The van der Waals surface area contributed by atoms with Gasteiger partial charge in [0, 0.05) is 62.4 Å². The number of amides is 3. The van der Waals surface area contributed by atoms with Crippen LogP contribution in [0.25, 0.3) is 0 Å². The predicted molar refractivity (Wildman–Crippen MR) is 120 cm³/mol. The first kappa shape index (κ1) is 22.7. The standard InChI is InChI=1S/C22H31BrN4O3/c1-4-25(5-2)21(29)15-24-8-10-26(11-9-24)22(30)17-13-20(28)27(14-17)18-6-7-19(23)16(3)12-18/h6-7,12,17H,4-5,8-11,13-15H2,1-3H3. The van der Waals surface area contributed by atoms with Gasteiger partial charge in [0.25, 0.3) is 0 Å². The zero-order valence-electron chi connectivity index (χ0n) is 18.1. The van der Waals surface area contributed by atoms with E-state index in [1.165, 1.54) is 0 Å². The lowest BCUT2D eigenvalue weighted by atomic mass is 10.1. The second kappa shape index (κ2) is 9.92. The minimum Gasteiger partial charge on any atom is -0.342 e. The molecule has 2 fully saturated rings. The quantitative estimate of drug-likeness (QED) is 0.627. The number of anilines is 1. The Morgan fingerprint density at radius 1 is 1.13 bits per heavy atom. The van der Waals surface area contributed by atoms with Crippen molar-refractivity contribution < 1.29 is 14.4 Å². The summed E-state index contributed by atoms with van der Waals surface area (Å²) in [5.74, 6) is -0.111. The molecular formula is C22H31BrN4O3. The van der Waals surface area contributed by atoms with Crippen molar-refractivity contribution in [3.05, 3.63) is 28.2 Å². The molecule has 0 radical (unpaired) electrons. The molecule has 2 saturated heterocycles. The maximum Gasteiger partial charge on any atom is 0.236 e. The van der Waals surface area contributed by atoms with Gasteiger partial charge in [-0.2, -0.15) is 0 Å². The van der Waals surface area contributed by atoms with E-state index in [9.17, 15) is 14.4 Å². The highest BCUT2D eigenvalue weighted by atomic mass is 79.9. The van der Waals surface area contributed by atoms with Crippen LogP contribution in [0.4, 0.5) is 5.69 Å². The van der Waals surface area contributed by atoms with Crippen LogP contribution in [0.2, 0.25) is 0 Å². The van der Waals surface area contributed by atoms with Crippen molar-refractivity contribution in [2.75, 3.05) is 57.3 Å². The van der Waals surface area contributed by atoms with Gasteiger partial charge in [-0.3, -0.25) is 19.3 Å². The summed E-state index contributed by atoms with van der Waals surface area (Å²) in [4.78, 5) is 45.4. The van der Waals surface area contributed by atoms with Gasteiger partial charge in [-0.15, -0.1) is 0 Å². The van der Waals surface area contributed by atoms with E-state index in [-0.39, 0.29) is 30.1 Å². The maximum atomic E-state index is 13.0. The fourth-order valence-corrected chi connectivity index (χ4v) is 4.42. The smallest absolute Gasteiger partial charge is 0.236 e. The highest BCUT2D eigenvalue weighted by molar-refractivity contribution is 9.10. The van der Waals surface area contributed by atoms with E-state index in [0.717, 1.165) is 28.8 Å². The van der Waals surface area contributed by atoms with Crippen LogP contribution >= 0.6 is 15.9 Å². The molecular weight excluding hydrogens is 448 g/mol. The predicted octanol–water partition coefficient (Wildman–Crippen LogP) is 2.12. The number of hydrogen-bond acceptors (Lipinski definition) is 4. The van der Waals surface area contributed by atoms with Gasteiger partial charge in [-0.1, -0.05) is 15.9 Å². The number of carbonyl (C=O) groups is 3. The number of nitrogens with zero attached hydrogens (tertiary/aromatic N) is 4. The molecule has 0 bridgehead atoms. The molecule has 0 saturated carbocycles. The largest absolute Gasteiger partial charge is 0.342 e. The first-order valence-corrected chi connectivity index (χ1v) is 11.5. The summed E-state index contributed by atoms with van der Waals surface area (Å²) in [6.45, 7) is 10.8. The molecule has 0 aliphatic carbocycles. The Balaban J connectivity index is 1.53. The second-order valence-corrected chi connectivity index (χ2v) is 8.86. The van der Waals surface area contributed by atoms with Crippen molar-refractivity contribution in [1.82, 2.24) is 14.7 Å². The molecule has 3 amide bonds. The first-order valence-electron chi connectivity index (χ1n) is 10.7. The Kier molecular flexibility index (Phi) is 7.52. The topological polar surface area (TPSA) is 64.2 Å². The van der Waals surface area contributed by atoms with Crippen LogP contribution in [0.15, 0.2) is 22.7 Å². The third-order valence-corrected chi connectivity index (χ3v) is 6.98. The summed E-state index contributed by atoms with van der Waals surface area (Å²) in [5.41, 5.74) is 1.90. The number of halogens is 1. The van der Waals surface area contributed by atoms with E-state index >= 15 is 0 Å². The lowest BCUT2D eigenvalue weighted by molar-refractivity contribution is -0.138. The summed E-state index contributed by atoms with van der Waals surface area (Å²) in [7, 11) is 0. The summed E-state index contributed by atoms with van der Waals surface area (Å²) in [6.07, 6.45) is 0.259. The van der Waals surface area contributed by atoms with E-state index < -0.39 is 0 Å². The molecule has 2 aliphatic heterocycles. The SMILES string of the molecule is CCN(CC)C(=O)CN1CCN(C(=O)C2CC(=O)N(c3ccc(Br)c(C)c3)C2)CC1. The van der Waals surface area contributed by atoms with Gasteiger partial charge in [0.1, 0.15) is 0 Å². The molecule has 1 aromatic rings. The lowest BCUT2D eigenvalue weighted by Gasteiger charge is -2.36. The van der Waals surface area contributed by atoms with Gasteiger partial charge in [-0.05, 0) is 44.5 Å². The van der Waals surface area contributed by atoms with Crippen molar-refractivity contribution in [2.24, 2.45) is 5.92 Å². The Hall–Kier alpha value is -1.93. The monoisotopic (exact) mass is 478 g/mol. The van der Waals surface area contributed by atoms with Crippen molar-refractivity contribution in [1.29, 1.82) is 0 Å². The van der Waals surface area contributed by atoms with Gasteiger partial charge >= 0.3 is 0 Å². The molecule has 0 spiro atoms. The average molecular weight is 479 g/mol. The van der Waals surface area contributed by atoms with Crippen LogP contribution < -0.4 is 4.90 Å². The zero-order chi connectivity index (χ0) is 21.8. The zero-order valence-corrected chi connectivity index (χ0v) is 19.7. The molecule has 1 unspecified atom stereocenters. The lowest BCUT2D eigenvalue weighted by Crippen LogP contribution is -2.52. The molecule has 3 rings (SSSR count). The normalized spacial score (nSPS) is 20.0. The van der Waals surface area contributed by atoms with Gasteiger partial charge in [-0.25, -0.2) is 0 Å². The number of benzene rings is 1. The van der Waals surface area contributed by atoms with Crippen LogP contribution in [0.3, 0.4) is 0 Å². The Bertz CT molecular complexity index is 804. The van der Waals surface area contributed by atoms with Crippen molar-refractivity contribution in [3.63, 3.8) is 0 Å². The molecule has 1 aromatic carbocycles.